The molecule has 108 valence electrons. The zero-order valence-corrected chi connectivity index (χ0v) is 11.8. The Morgan fingerprint density at radius 1 is 1.29 bits per heavy atom. The van der Waals surface area contributed by atoms with Crippen molar-refractivity contribution in [2.75, 3.05) is 5.32 Å². The molecule has 2 N–H and O–H groups in total. The summed E-state index contributed by atoms with van der Waals surface area (Å²) >= 11 is 0. The summed E-state index contributed by atoms with van der Waals surface area (Å²) in [6.45, 7) is 2.31. The Kier molecular flexibility index (Phi) is 3.77. The van der Waals surface area contributed by atoms with Gasteiger partial charge in [-0.3, -0.25) is 9.78 Å². The molecule has 0 atom stereocenters. The molecule has 21 heavy (non-hydrogen) atoms. The third-order valence-electron chi connectivity index (χ3n) is 3.20. The fraction of sp³-hybridized carbons (Fsp3) is 0.333. The fourth-order valence-corrected chi connectivity index (χ4v) is 1.93. The van der Waals surface area contributed by atoms with E-state index in [4.69, 9.17) is 0 Å². The van der Waals surface area contributed by atoms with Crippen molar-refractivity contribution in [2.24, 2.45) is 0 Å². The molecule has 3 rings (SSSR count). The summed E-state index contributed by atoms with van der Waals surface area (Å²) in [5.41, 5.74) is 2.17. The van der Waals surface area contributed by atoms with E-state index >= 15 is 0 Å². The van der Waals surface area contributed by atoms with Gasteiger partial charge >= 0.3 is 0 Å². The van der Waals surface area contributed by atoms with Crippen LogP contribution in [-0.2, 0) is 6.54 Å². The lowest BCUT2D eigenvalue weighted by molar-refractivity contribution is 0.0945. The monoisotopic (exact) mass is 283 g/mol. The van der Waals surface area contributed by atoms with Crippen molar-refractivity contribution in [1.82, 2.24) is 20.3 Å². The van der Waals surface area contributed by atoms with Crippen LogP contribution in [0.1, 0.15) is 34.6 Å². The highest BCUT2D eigenvalue weighted by Crippen LogP contribution is 2.23. The summed E-state index contributed by atoms with van der Waals surface area (Å²) in [6.07, 6.45) is 5.68. The molecule has 1 aliphatic rings. The molecule has 2 aromatic rings. The highest BCUT2D eigenvalue weighted by atomic mass is 16.1. The minimum atomic E-state index is -0.198. The minimum absolute atomic E-state index is 0.198. The van der Waals surface area contributed by atoms with Gasteiger partial charge in [-0.2, -0.15) is 0 Å². The quantitative estimate of drug-likeness (QED) is 0.872. The molecule has 1 amide bonds. The first kappa shape index (κ1) is 13.5. The van der Waals surface area contributed by atoms with Gasteiger partial charge in [0.25, 0.3) is 5.91 Å². The predicted octanol–water partition coefficient (Wildman–Crippen LogP) is 1.68. The summed E-state index contributed by atoms with van der Waals surface area (Å²) < 4.78 is 0. The average Bonchev–Trinajstić information content (AvgIpc) is 3.29. The third-order valence-corrected chi connectivity index (χ3v) is 3.20. The van der Waals surface area contributed by atoms with Gasteiger partial charge < -0.3 is 10.6 Å². The molecule has 2 heterocycles. The number of aromatic nitrogens is 3. The van der Waals surface area contributed by atoms with E-state index < -0.39 is 0 Å². The maximum absolute atomic E-state index is 12.2. The van der Waals surface area contributed by atoms with Gasteiger partial charge in [0, 0.05) is 30.7 Å². The van der Waals surface area contributed by atoms with E-state index in [1.165, 1.54) is 0 Å². The predicted molar refractivity (Wildman–Crippen MR) is 78.8 cm³/mol. The van der Waals surface area contributed by atoms with E-state index in [1.807, 2.05) is 19.1 Å². The molecule has 0 radical (unpaired) electrons. The van der Waals surface area contributed by atoms with Gasteiger partial charge in [0.15, 0.2) is 0 Å². The summed E-state index contributed by atoms with van der Waals surface area (Å²) in [5, 5.41) is 6.07. The number of hydrogen-bond donors (Lipinski definition) is 2. The van der Waals surface area contributed by atoms with Crippen molar-refractivity contribution in [3.63, 3.8) is 0 Å². The lowest BCUT2D eigenvalue weighted by Gasteiger charge is -2.08. The van der Waals surface area contributed by atoms with E-state index in [0.29, 0.717) is 24.2 Å². The number of nitrogens with one attached hydrogen (secondary N) is 2. The number of amides is 1. The molecule has 6 heteroatoms. The number of carbonyl (C=O) groups excluding carboxylic acids is 1. The Hall–Kier alpha value is -2.50. The Morgan fingerprint density at radius 3 is 2.76 bits per heavy atom. The number of carbonyl (C=O) groups is 1. The van der Waals surface area contributed by atoms with Crippen molar-refractivity contribution in [3.05, 3.63) is 47.5 Å². The molecule has 6 nitrogen and oxygen atoms in total. The highest BCUT2D eigenvalue weighted by Gasteiger charge is 2.22. The maximum atomic E-state index is 12.2. The number of hydrogen-bond acceptors (Lipinski definition) is 5. The van der Waals surface area contributed by atoms with E-state index in [0.717, 1.165) is 24.1 Å². The van der Waals surface area contributed by atoms with Gasteiger partial charge in [-0.15, -0.1) is 0 Å². The smallest absolute Gasteiger partial charge is 0.270 e. The third kappa shape index (κ3) is 3.75. The number of pyridine rings is 1. The van der Waals surface area contributed by atoms with Crippen molar-refractivity contribution < 1.29 is 4.79 Å². The second kappa shape index (κ2) is 5.87. The van der Waals surface area contributed by atoms with Gasteiger partial charge in [0.2, 0.25) is 5.95 Å². The molecule has 1 fully saturated rings. The van der Waals surface area contributed by atoms with E-state index in [-0.39, 0.29) is 5.91 Å². The van der Waals surface area contributed by atoms with Crippen LogP contribution in [0.3, 0.4) is 0 Å². The summed E-state index contributed by atoms with van der Waals surface area (Å²) in [5.74, 6) is 0.336. The second-order valence-electron chi connectivity index (χ2n) is 5.17. The molecular weight excluding hydrogens is 266 g/mol. The van der Waals surface area contributed by atoms with Gasteiger partial charge in [0.05, 0.1) is 0 Å². The van der Waals surface area contributed by atoms with Gasteiger partial charge in [0.1, 0.15) is 5.69 Å². The first-order valence-electron chi connectivity index (χ1n) is 7.00. The molecule has 0 aliphatic heterocycles. The molecule has 1 aliphatic carbocycles. The van der Waals surface area contributed by atoms with E-state index in [2.05, 4.69) is 25.6 Å². The zero-order chi connectivity index (χ0) is 14.7. The molecule has 0 spiro atoms. The maximum Gasteiger partial charge on any atom is 0.270 e. The normalized spacial score (nSPS) is 13.8. The van der Waals surface area contributed by atoms with Crippen LogP contribution in [0.5, 0.6) is 0 Å². The van der Waals surface area contributed by atoms with Crippen molar-refractivity contribution in [3.8, 4) is 0 Å². The van der Waals surface area contributed by atoms with Crippen LogP contribution in [-0.4, -0.2) is 26.9 Å². The van der Waals surface area contributed by atoms with Gasteiger partial charge in [-0.05, 0) is 43.5 Å². The van der Waals surface area contributed by atoms with Crippen LogP contribution in [0.4, 0.5) is 5.95 Å². The minimum Gasteiger partial charge on any atom is -0.351 e. The first-order valence-corrected chi connectivity index (χ1v) is 7.00. The molecule has 0 aromatic carbocycles. The van der Waals surface area contributed by atoms with Crippen LogP contribution in [0.25, 0.3) is 0 Å². The average molecular weight is 283 g/mol. The van der Waals surface area contributed by atoms with Crippen molar-refractivity contribution >= 4 is 11.9 Å². The first-order chi connectivity index (χ1) is 10.2. The Morgan fingerprint density at radius 2 is 2.05 bits per heavy atom. The van der Waals surface area contributed by atoms with Crippen LogP contribution < -0.4 is 10.6 Å². The van der Waals surface area contributed by atoms with Crippen molar-refractivity contribution in [1.29, 1.82) is 0 Å². The lowest BCUT2D eigenvalue weighted by atomic mass is 10.2. The zero-order valence-electron chi connectivity index (χ0n) is 11.8. The Balaban J connectivity index is 1.67. The second-order valence-corrected chi connectivity index (χ2v) is 5.17. The van der Waals surface area contributed by atoms with Crippen LogP contribution in [0, 0.1) is 6.92 Å². The fourth-order valence-electron chi connectivity index (χ4n) is 1.93. The molecule has 0 unspecified atom stereocenters. The van der Waals surface area contributed by atoms with Crippen LogP contribution in [0.2, 0.25) is 0 Å². The van der Waals surface area contributed by atoms with Crippen LogP contribution >= 0.6 is 0 Å². The Labute approximate surface area is 123 Å². The van der Waals surface area contributed by atoms with Gasteiger partial charge in [-0.1, -0.05) is 0 Å². The summed E-state index contributed by atoms with van der Waals surface area (Å²) in [6, 6.07) is 5.89. The van der Waals surface area contributed by atoms with Crippen LogP contribution in [0.15, 0.2) is 30.6 Å². The SMILES string of the molecule is Cc1cc(C(=O)NCc2ccncc2)nc(NC2CC2)n1. The molecule has 1 saturated carbocycles. The summed E-state index contributed by atoms with van der Waals surface area (Å²) in [7, 11) is 0. The Bertz CT molecular complexity index is 640. The standard InChI is InChI=1S/C15H17N5O/c1-10-8-13(20-15(18-10)19-12-2-3-12)14(21)17-9-11-4-6-16-7-5-11/h4-8,12H,2-3,9H2,1H3,(H,17,21)(H,18,19,20). The molecule has 0 bridgehead atoms. The van der Waals surface area contributed by atoms with Gasteiger partial charge in [-0.25, -0.2) is 9.97 Å². The highest BCUT2D eigenvalue weighted by molar-refractivity contribution is 5.92. The topological polar surface area (TPSA) is 79.8 Å². The molecule has 0 saturated heterocycles. The lowest BCUT2D eigenvalue weighted by Crippen LogP contribution is -2.24. The number of aryl methyl sites for hydroxylation is 1. The molecule has 2 aromatic heterocycles. The van der Waals surface area contributed by atoms with E-state index in [1.54, 1.807) is 18.5 Å². The number of anilines is 1. The molecular formula is C15H17N5O. The number of nitrogens with zero attached hydrogens (tertiary/aromatic N) is 3. The van der Waals surface area contributed by atoms with Crippen molar-refractivity contribution in [2.45, 2.75) is 32.4 Å². The number of rotatable bonds is 5. The largest absolute Gasteiger partial charge is 0.351 e. The van der Waals surface area contributed by atoms with E-state index in [9.17, 15) is 4.79 Å². The summed E-state index contributed by atoms with van der Waals surface area (Å²) in [4.78, 5) is 24.7.